The Hall–Kier alpha value is -1.63. The minimum atomic E-state index is -0.764. The third-order valence-corrected chi connectivity index (χ3v) is 11.1. The summed E-state index contributed by atoms with van der Waals surface area (Å²) in [5.41, 5.74) is -0.332. The molecule has 11 atom stereocenters. The number of fused-ring (bicyclic) bond motifs is 5. The van der Waals surface area contributed by atoms with E-state index in [9.17, 15) is 24.6 Å². The summed E-state index contributed by atoms with van der Waals surface area (Å²) in [6, 6.07) is 0. The predicted molar refractivity (Wildman–Crippen MR) is 134 cm³/mol. The number of hydrogen-bond acceptors (Lipinski definition) is 6. The maximum absolute atomic E-state index is 14.2. The Kier molecular flexibility index (Phi) is 7.81. The van der Waals surface area contributed by atoms with Gasteiger partial charge in [-0.05, 0) is 92.8 Å². The SMILES string of the molecule is CCOC(=O)O[C@@H]1CC[C@]2(C)[C@@H]3[C@@H](C(=O)[C@H](CC)[C@@H]2C1)[C@@H]1CC[C@H]([C@H](C)CCC(=O)O)[C@@]1(C)C[C@@H]3O. The molecular weight excluding hydrogens is 460 g/mol. The standard InChI is InChI=1S/C29H46O7/c1-6-18-21-14-17(36-27(34)35-7-2)12-13-28(21,4)25-22(30)15-29(5)19(16(3)8-11-23(31)32)9-10-20(29)24(25)26(18)33/h16-22,24-25,30H,6-15H2,1-5H3,(H,31,32)/t16-,17-,18-,19-,20+,21+,22+,24+,25+,28+,29-/m1/s1. The third-order valence-electron chi connectivity index (χ3n) is 11.1. The molecule has 2 N–H and O–H groups in total. The molecule has 4 rings (SSSR count). The molecular formula is C29H46O7. The quantitative estimate of drug-likeness (QED) is 0.440. The number of rotatable bonds is 7. The molecule has 0 aromatic heterocycles. The van der Waals surface area contributed by atoms with Gasteiger partial charge in [0.05, 0.1) is 12.7 Å². The lowest BCUT2D eigenvalue weighted by Gasteiger charge is -2.63. The Morgan fingerprint density at radius 2 is 1.83 bits per heavy atom. The van der Waals surface area contributed by atoms with Crippen molar-refractivity contribution in [2.75, 3.05) is 6.61 Å². The van der Waals surface area contributed by atoms with E-state index in [1.54, 1.807) is 6.92 Å². The molecule has 0 unspecified atom stereocenters. The summed E-state index contributed by atoms with van der Waals surface area (Å²) in [6.07, 6.45) is 4.96. The van der Waals surface area contributed by atoms with Crippen molar-refractivity contribution in [2.45, 2.75) is 105 Å². The first-order valence-electron chi connectivity index (χ1n) is 14.2. The van der Waals surface area contributed by atoms with Crippen molar-refractivity contribution in [3.05, 3.63) is 0 Å². The van der Waals surface area contributed by atoms with Gasteiger partial charge in [-0.1, -0.05) is 27.7 Å². The number of aliphatic hydroxyl groups is 1. The Morgan fingerprint density at radius 3 is 2.47 bits per heavy atom. The second-order valence-electron chi connectivity index (χ2n) is 12.8. The van der Waals surface area contributed by atoms with E-state index in [1.165, 1.54) is 0 Å². The Balaban J connectivity index is 1.60. The monoisotopic (exact) mass is 506 g/mol. The third kappa shape index (κ3) is 4.48. The molecule has 4 aliphatic rings. The molecule has 0 aromatic rings. The Bertz CT molecular complexity index is 857. The van der Waals surface area contributed by atoms with Gasteiger partial charge in [0.15, 0.2) is 0 Å². The molecule has 0 heterocycles. The van der Waals surface area contributed by atoms with Crippen molar-refractivity contribution >= 4 is 17.9 Å². The first-order chi connectivity index (χ1) is 17.0. The number of Topliss-reactive ketones (excluding diaryl/α,β-unsaturated/α-hetero) is 1. The fraction of sp³-hybridized carbons (Fsp3) is 0.897. The van der Waals surface area contributed by atoms with Gasteiger partial charge in [-0.2, -0.15) is 0 Å². The van der Waals surface area contributed by atoms with E-state index in [0.717, 1.165) is 32.1 Å². The second-order valence-corrected chi connectivity index (χ2v) is 12.8. The van der Waals surface area contributed by atoms with E-state index in [1.807, 2.05) is 0 Å². The van der Waals surface area contributed by atoms with Crippen LogP contribution < -0.4 is 0 Å². The molecule has 0 spiro atoms. The molecule has 0 bridgehead atoms. The van der Waals surface area contributed by atoms with E-state index < -0.39 is 18.2 Å². The van der Waals surface area contributed by atoms with Crippen LogP contribution in [0.5, 0.6) is 0 Å². The average Bonchev–Trinajstić information content (AvgIpc) is 3.15. The molecule has 0 aliphatic heterocycles. The summed E-state index contributed by atoms with van der Waals surface area (Å²) in [4.78, 5) is 37.4. The number of ether oxygens (including phenoxy) is 2. The van der Waals surface area contributed by atoms with Crippen molar-refractivity contribution in [1.29, 1.82) is 0 Å². The van der Waals surface area contributed by atoms with Gasteiger partial charge >= 0.3 is 12.1 Å². The van der Waals surface area contributed by atoms with Gasteiger partial charge in [-0.3, -0.25) is 9.59 Å². The van der Waals surface area contributed by atoms with Gasteiger partial charge in [-0.15, -0.1) is 0 Å². The van der Waals surface area contributed by atoms with Crippen LogP contribution in [0, 0.1) is 52.3 Å². The fourth-order valence-corrected chi connectivity index (χ4v) is 9.66. The molecule has 0 aromatic carbocycles. The lowest BCUT2D eigenvalue weighted by Crippen LogP contribution is -2.64. The normalized spacial score (nSPS) is 44.7. The van der Waals surface area contributed by atoms with Crippen molar-refractivity contribution in [1.82, 2.24) is 0 Å². The van der Waals surface area contributed by atoms with Crippen LogP contribution in [0.1, 0.15) is 92.4 Å². The molecule has 204 valence electrons. The van der Waals surface area contributed by atoms with Crippen LogP contribution in [0.3, 0.4) is 0 Å². The number of aliphatic carboxylic acids is 1. The van der Waals surface area contributed by atoms with E-state index in [0.29, 0.717) is 31.0 Å². The number of carbonyl (C=O) groups is 3. The summed E-state index contributed by atoms with van der Waals surface area (Å²) >= 11 is 0. The highest BCUT2D eigenvalue weighted by molar-refractivity contribution is 5.86. The van der Waals surface area contributed by atoms with Crippen LogP contribution in [0.15, 0.2) is 0 Å². The van der Waals surface area contributed by atoms with E-state index in [4.69, 9.17) is 9.47 Å². The molecule has 0 amide bonds. The molecule has 7 nitrogen and oxygen atoms in total. The van der Waals surface area contributed by atoms with E-state index >= 15 is 0 Å². The first-order valence-corrected chi connectivity index (χ1v) is 14.2. The highest BCUT2D eigenvalue weighted by atomic mass is 16.7. The van der Waals surface area contributed by atoms with Gasteiger partial charge in [0, 0.05) is 24.2 Å². The number of ketones is 1. The number of hydrogen-bond donors (Lipinski definition) is 2. The van der Waals surface area contributed by atoms with Crippen molar-refractivity contribution in [3.8, 4) is 0 Å². The van der Waals surface area contributed by atoms with Gasteiger partial charge in [0.1, 0.15) is 11.9 Å². The zero-order chi connectivity index (χ0) is 26.4. The van der Waals surface area contributed by atoms with Crippen LogP contribution in [0.2, 0.25) is 0 Å². The number of carbonyl (C=O) groups excluding carboxylic acids is 2. The molecule has 4 fully saturated rings. The van der Waals surface area contributed by atoms with Gasteiger partial charge in [0.2, 0.25) is 0 Å². The number of carboxylic acid groups (broad SMARTS) is 1. The van der Waals surface area contributed by atoms with Crippen LogP contribution in [-0.2, 0) is 19.1 Å². The minimum Gasteiger partial charge on any atom is -0.481 e. The highest BCUT2D eigenvalue weighted by Crippen LogP contribution is 2.68. The van der Waals surface area contributed by atoms with Gasteiger partial charge in [-0.25, -0.2) is 4.79 Å². The maximum Gasteiger partial charge on any atom is 0.508 e. The molecule has 0 radical (unpaired) electrons. The van der Waals surface area contributed by atoms with Crippen LogP contribution in [0.4, 0.5) is 4.79 Å². The van der Waals surface area contributed by atoms with Crippen LogP contribution in [0.25, 0.3) is 0 Å². The smallest absolute Gasteiger partial charge is 0.481 e. The summed E-state index contributed by atoms with van der Waals surface area (Å²) in [7, 11) is 0. The number of carboxylic acids is 1. The van der Waals surface area contributed by atoms with E-state index in [-0.39, 0.29) is 65.5 Å². The van der Waals surface area contributed by atoms with Crippen molar-refractivity contribution < 1.29 is 34.1 Å². The zero-order valence-electron chi connectivity index (χ0n) is 22.7. The lowest BCUT2D eigenvalue weighted by molar-refractivity contribution is -0.198. The predicted octanol–water partition coefficient (Wildman–Crippen LogP) is 5.47. The topological polar surface area (TPSA) is 110 Å². The largest absolute Gasteiger partial charge is 0.508 e. The molecule has 36 heavy (non-hydrogen) atoms. The molecule has 0 saturated heterocycles. The van der Waals surface area contributed by atoms with Gasteiger partial charge < -0.3 is 19.7 Å². The highest BCUT2D eigenvalue weighted by Gasteiger charge is 2.67. The Labute approximate surface area is 215 Å². The molecule has 4 aliphatic carbocycles. The van der Waals surface area contributed by atoms with Crippen LogP contribution >= 0.6 is 0 Å². The summed E-state index contributed by atoms with van der Waals surface area (Å²) in [5.74, 6) is 0.102. The first kappa shape index (κ1) is 27.4. The molecule has 4 saturated carbocycles. The van der Waals surface area contributed by atoms with Gasteiger partial charge in [0.25, 0.3) is 0 Å². The van der Waals surface area contributed by atoms with Crippen molar-refractivity contribution in [2.24, 2.45) is 52.3 Å². The average molecular weight is 507 g/mol. The Morgan fingerprint density at radius 1 is 1.11 bits per heavy atom. The lowest BCUT2D eigenvalue weighted by atomic mass is 9.41. The summed E-state index contributed by atoms with van der Waals surface area (Å²) in [5, 5.41) is 20.9. The summed E-state index contributed by atoms with van der Waals surface area (Å²) in [6.45, 7) is 10.8. The van der Waals surface area contributed by atoms with Crippen LogP contribution in [-0.4, -0.2) is 46.9 Å². The van der Waals surface area contributed by atoms with Crippen molar-refractivity contribution in [3.63, 3.8) is 0 Å². The molecule has 7 heteroatoms. The van der Waals surface area contributed by atoms with E-state index in [2.05, 4.69) is 27.7 Å². The minimum absolute atomic E-state index is 0.0764. The fourth-order valence-electron chi connectivity index (χ4n) is 9.66. The maximum atomic E-state index is 14.2. The second kappa shape index (κ2) is 10.3. The summed E-state index contributed by atoms with van der Waals surface area (Å²) < 4.78 is 10.6. The zero-order valence-corrected chi connectivity index (χ0v) is 22.7. The number of aliphatic hydroxyl groups excluding tert-OH is 1.